The van der Waals surface area contributed by atoms with Crippen LogP contribution in [0, 0.1) is 0 Å². The summed E-state index contributed by atoms with van der Waals surface area (Å²) in [5, 5.41) is 0. The molecule has 0 N–H and O–H groups in total. The monoisotopic (exact) mass is 263 g/mol. The molecule has 1 aromatic heterocycles. The summed E-state index contributed by atoms with van der Waals surface area (Å²) in [7, 11) is -1.35. The summed E-state index contributed by atoms with van der Waals surface area (Å²) >= 11 is 0. The molecule has 0 aliphatic carbocycles. The molecule has 7 heteroatoms. The van der Waals surface area contributed by atoms with Crippen LogP contribution in [0.25, 0.3) is 0 Å². The zero-order valence-electron chi connectivity index (χ0n) is 15.5. The van der Waals surface area contributed by atoms with Gasteiger partial charge in [-0.15, -0.1) is 0 Å². The molecule has 1 fully saturated rings. The second kappa shape index (κ2) is 4.03. The Kier molecular flexibility index (Phi) is 1.85. The van der Waals surface area contributed by atoms with E-state index in [1.54, 1.807) is 27.7 Å². The summed E-state index contributed by atoms with van der Waals surface area (Å²) in [6.45, 7) is 3.74. The van der Waals surface area contributed by atoms with Gasteiger partial charge in [-0.3, -0.25) is 0 Å². The molecule has 1 aliphatic heterocycles. The maximum atomic E-state index is 13.4. The molecule has 0 spiro atoms. The maximum Gasteiger partial charge on any atom is 0.514 e. The van der Waals surface area contributed by atoms with Crippen LogP contribution in [-0.2, 0) is 16.3 Å². The van der Waals surface area contributed by atoms with Crippen molar-refractivity contribution in [1.82, 2.24) is 9.55 Å². The molecule has 100 valence electrons. The van der Waals surface area contributed by atoms with Gasteiger partial charge >= 0.3 is 7.12 Å². The van der Waals surface area contributed by atoms with E-state index in [4.69, 9.17) is 16.2 Å². The normalized spacial score (nSPS) is 27.2. The Morgan fingerprint density at radius 3 is 2.44 bits per heavy atom. The first-order valence-corrected chi connectivity index (χ1v) is 5.41. The van der Waals surface area contributed by atoms with Gasteiger partial charge in [0.05, 0.1) is 18.2 Å². The third-order valence-electron chi connectivity index (χ3n) is 3.37. The standard InChI is InChI=1S/C11H17BF2N2O2/c1-10(2)11(3,4)18-12(17-10)7-6-15-9(8(13)14)16(7)5/h6,8H,1-5H3/i5D3,6D,8D. The van der Waals surface area contributed by atoms with Crippen molar-refractivity contribution in [3.63, 3.8) is 0 Å². The van der Waals surface area contributed by atoms with Gasteiger partial charge in [-0.1, -0.05) is 0 Å². The molecular weight excluding hydrogens is 241 g/mol. The molecule has 0 bridgehead atoms. The van der Waals surface area contributed by atoms with E-state index in [1.807, 2.05) is 0 Å². The van der Waals surface area contributed by atoms with E-state index < -0.39 is 49.3 Å². The smallest absolute Gasteiger partial charge is 0.398 e. The van der Waals surface area contributed by atoms with Gasteiger partial charge in [0.15, 0.2) is 5.82 Å². The van der Waals surface area contributed by atoms with E-state index in [2.05, 4.69) is 4.98 Å². The molecule has 18 heavy (non-hydrogen) atoms. The summed E-state index contributed by atoms with van der Waals surface area (Å²) in [6.07, 6.45) is -4.99. The molecular formula is C11H17BF2N2O2. The lowest BCUT2D eigenvalue weighted by atomic mass is 9.85. The largest absolute Gasteiger partial charge is 0.514 e. The van der Waals surface area contributed by atoms with Crippen molar-refractivity contribution in [2.75, 3.05) is 0 Å². The molecule has 0 aromatic carbocycles. The molecule has 0 unspecified atom stereocenters. The highest BCUT2D eigenvalue weighted by Gasteiger charge is 2.52. The average Bonchev–Trinajstić information content (AvgIpc) is 2.73. The SMILES string of the molecule is [2H]c1nc(C([2H])(F)F)n(C([2H])([2H])[2H])c1B1OC(C)(C)C(C)(C)O1. The number of alkyl halides is 2. The van der Waals surface area contributed by atoms with Crippen molar-refractivity contribution in [1.29, 1.82) is 0 Å². The van der Waals surface area contributed by atoms with Crippen LogP contribution in [0.15, 0.2) is 6.17 Å². The Hall–Kier alpha value is -0.945. The number of rotatable bonds is 2. The molecule has 1 aliphatic rings. The van der Waals surface area contributed by atoms with E-state index in [1.165, 1.54) is 0 Å². The number of hydrogen-bond donors (Lipinski definition) is 0. The van der Waals surface area contributed by atoms with E-state index in [0.29, 0.717) is 0 Å². The first kappa shape index (κ1) is 8.27. The molecule has 1 saturated heterocycles. The third kappa shape index (κ3) is 1.95. The van der Waals surface area contributed by atoms with Crippen LogP contribution in [0.4, 0.5) is 8.78 Å². The summed E-state index contributed by atoms with van der Waals surface area (Å²) in [4.78, 5) is 3.26. The second-order valence-electron chi connectivity index (χ2n) is 5.12. The fourth-order valence-corrected chi connectivity index (χ4v) is 1.56. The lowest BCUT2D eigenvalue weighted by Gasteiger charge is -2.32. The highest BCUT2D eigenvalue weighted by molar-refractivity contribution is 6.61. The topological polar surface area (TPSA) is 36.3 Å². The number of nitrogens with zero attached hydrogens (tertiary/aromatic N) is 2. The molecule has 0 saturated carbocycles. The van der Waals surface area contributed by atoms with Gasteiger partial charge in [0, 0.05) is 17.3 Å². The summed E-state index contributed by atoms with van der Waals surface area (Å²) in [5.74, 6) is -1.34. The Morgan fingerprint density at radius 1 is 1.44 bits per heavy atom. The van der Waals surface area contributed by atoms with Crippen molar-refractivity contribution < 1.29 is 24.9 Å². The zero-order chi connectivity index (χ0) is 18.0. The van der Waals surface area contributed by atoms with Crippen molar-refractivity contribution in [2.24, 2.45) is 6.98 Å². The molecule has 4 nitrogen and oxygen atoms in total. The third-order valence-corrected chi connectivity index (χ3v) is 3.37. The lowest BCUT2D eigenvalue weighted by molar-refractivity contribution is 0.00578. The predicted octanol–water partition coefficient (Wildman–Crippen LogP) is 1.66. The average molecular weight is 263 g/mol. The van der Waals surface area contributed by atoms with Gasteiger partial charge in [0.25, 0.3) is 6.40 Å². The van der Waals surface area contributed by atoms with Crippen LogP contribution < -0.4 is 5.59 Å². The molecule has 2 rings (SSSR count). The summed E-state index contributed by atoms with van der Waals surface area (Å²) in [6, 6.07) is 0. The molecule has 1 aromatic rings. The quantitative estimate of drug-likeness (QED) is 0.761. The minimum absolute atomic E-state index is 0.185. The number of aromatic nitrogens is 2. The second-order valence-corrected chi connectivity index (χ2v) is 5.12. The summed E-state index contributed by atoms with van der Waals surface area (Å²) in [5.41, 5.74) is -2.15. The van der Waals surface area contributed by atoms with Crippen LogP contribution in [0.3, 0.4) is 0 Å². The van der Waals surface area contributed by atoms with E-state index in [-0.39, 0.29) is 4.57 Å². The number of imidazole rings is 1. The Morgan fingerprint density at radius 2 is 2.00 bits per heavy atom. The van der Waals surface area contributed by atoms with Crippen molar-refractivity contribution in [3.8, 4) is 0 Å². The van der Waals surface area contributed by atoms with Crippen LogP contribution in [0.2, 0.25) is 0 Å². The molecule has 2 heterocycles. The minimum Gasteiger partial charge on any atom is -0.398 e. The fourth-order valence-electron chi connectivity index (χ4n) is 1.56. The van der Waals surface area contributed by atoms with Crippen LogP contribution in [0.1, 0.15) is 46.8 Å². The van der Waals surface area contributed by atoms with Gasteiger partial charge in [-0.25, -0.2) is 13.8 Å². The predicted molar refractivity (Wildman–Crippen MR) is 63.9 cm³/mol. The van der Waals surface area contributed by atoms with Gasteiger partial charge in [0.1, 0.15) is 1.37 Å². The molecule has 0 atom stereocenters. The number of hydrogen-bond acceptors (Lipinski definition) is 3. The van der Waals surface area contributed by atoms with Crippen molar-refractivity contribution in [2.45, 2.75) is 45.3 Å². The van der Waals surface area contributed by atoms with E-state index >= 15 is 0 Å². The molecule has 0 amide bonds. The van der Waals surface area contributed by atoms with Crippen LogP contribution in [0.5, 0.6) is 0 Å². The Bertz CT molecular complexity index is 611. The first-order valence-electron chi connectivity index (χ1n) is 7.91. The Balaban J connectivity index is 2.63. The van der Waals surface area contributed by atoms with Crippen LogP contribution >= 0.6 is 0 Å². The fraction of sp³-hybridized carbons (Fsp3) is 0.727. The van der Waals surface area contributed by atoms with Crippen molar-refractivity contribution in [3.05, 3.63) is 12.0 Å². The molecule has 0 radical (unpaired) electrons. The van der Waals surface area contributed by atoms with Gasteiger partial charge < -0.3 is 13.9 Å². The lowest BCUT2D eigenvalue weighted by Crippen LogP contribution is -2.41. The van der Waals surface area contributed by atoms with Crippen LogP contribution in [-0.4, -0.2) is 27.9 Å². The highest BCUT2D eigenvalue weighted by Crippen LogP contribution is 2.36. The summed E-state index contributed by atoms with van der Waals surface area (Å²) < 4.78 is 75.2. The maximum absolute atomic E-state index is 13.4. The minimum atomic E-state index is -4.27. The zero-order valence-corrected chi connectivity index (χ0v) is 10.5. The van der Waals surface area contributed by atoms with Gasteiger partial charge in [-0.2, -0.15) is 0 Å². The van der Waals surface area contributed by atoms with Gasteiger partial charge in [-0.05, 0) is 27.7 Å². The first-order chi connectivity index (χ1) is 10.1. The van der Waals surface area contributed by atoms with E-state index in [0.717, 1.165) is 0 Å². The Labute approximate surface area is 112 Å². The highest BCUT2D eigenvalue weighted by atomic mass is 19.3. The van der Waals surface area contributed by atoms with E-state index in [9.17, 15) is 8.78 Å². The number of halogens is 2. The van der Waals surface area contributed by atoms with Crippen molar-refractivity contribution >= 4 is 12.7 Å². The van der Waals surface area contributed by atoms with Gasteiger partial charge in [0.2, 0.25) is 0 Å².